The number of nitrogens with one attached hydrogen (secondary N) is 1. The molecule has 0 fully saturated rings. The van der Waals surface area contributed by atoms with E-state index in [0.29, 0.717) is 19.6 Å². The molecule has 0 spiro atoms. The predicted molar refractivity (Wildman–Crippen MR) is 126 cm³/mol. The molecule has 1 aliphatic rings. The Morgan fingerprint density at radius 1 is 1.10 bits per heavy atom. The van der Waals surface area contributed by atoms with Crippen LogP contribution in [0.5, 0.6) is 11.5 Å². The summed E-state index contributed by atoms with van der Waals surface area (Å²) in [6.07, 6.45) is 0.322. The van der Waals surface area contributed by atoms with E-state index < -0.39 is 0 Å². The summed E-state index contributed by atoms with van der Waals surface area (Å²) >= 11 is 3.37. The van der Waals surface area contributed by atoms with Crippen LogP contribution in [0.1, 0.15) is 45.1 Å². The van der Waals surface area contributed by atoms with Gasteiger partial charge in [-0.15, -0.1) is 22.7 Å². The first-order valence-electron chi connectivity index (χ1n) is 10.5. The van der Waals surface area contributed by atoms with Crippen molar-refractivity contribution in [1.29, 1.82) is 0 Å². The van der Waals surface area contributed by atoms with Crippen LogP contribution in [0.2, 0.25) is 0 Å². The molecular formula is C24H28N2O3S2. The predicted octanol–water partition coefficient (Wildman–Crippen LogP) is 5.62. The molecule has 3 aromatic rings. The summed E-state index contributed by atoms with van der Waals surface area (Å²) in [6.45, 7) is 11.6. The van der Waals surface area contributed by atoms with Crippen molar-refractivity contribution in [2.75, 3.05) is 13.2 Å². The molecule has 0 saturated carbocycles. The number of hydrogen-bond acceptors (Lipinski definition) is 6. The number of benzene rings is 1. The maximum atomic E-state index is 13.1. The van der Waals surface area contributed by atoms with Gasteiger partial charge in [-0.3, -0.25) is 4.79 Å². The lowest BCUT2D eigenvalue weighted by Crippen LogP contribution is -2.33. The fourth-order valence-corrected chi connectivity index (χ4v) is 5.80. The van der Waals surface area contributed by atoms with Gasteiger partial charge < -0.3 is 14.8 Å². The van der Waals surface area contributed by atoms with Gasteiger partial charge in [-0.05, 0) is 50.5 Å². The van der Waals surface area contributed by atoms with Gasteiger partial charge in [0.1, 0.15) is 13.2 Å². The second-order valence-electron chi connectivity index (χ2n) is 8.20. The molecule has 0 bridgehead atoms. The van der Waals surface area contributed by atoms with Gasteiger partial charge in [0, 0.05) is 20.2 Å². The summed E-state index contributed by atoms with van der Waals surface area (Å²) in [6, 6.07) is 7.99. The van der Waals surface area contributed by atoms with Gasteiger partial charge in [-0.2, -0.15) is 0 Å². The zero-order chi connectivity index (χ0) is 22.1. The molecule has 0 radical (unpaired) electrons. The van der Waals surface area contributed by atoms with Crippen molar-refractivity contribution in [1.82, 2.24) is 10.3 Å². The third kappa shape index (κ3) is 4.77. The number of nitrogens with zero attached hydrogens (tertiary/aromatic N) is 1. The normalized spacial score (nSPS) is 14.0. The van der Waals surface area contributed by atoms with Gasteiger partial charge >= 0.3 is 0 Å². The van der Waals surface area contributed by atoms with Crippen molar-refractivity contribution < 1.29 is 14.3 Å². The molecule has 164 valence electrons. The minimum atomic E-state index is -0.106. The summed E-state index contributed by atoms with van der Waals surface area (Å²) in [7, 11) is 0. The van der Waals surface area contributed by atoms with Crippen LogP contribution in [0.4, 0.5) is 0 Å². The van der Waals surface area contributed by atoms with E-state index in [4.69, 9.17) is 14.5 Å². The summed E-state index contributed by atoms with van der Waals surface area (Å²) < 4.78 is 11.4. The topological polar surface area (TPSA) is 60.5 Å². The molecular weight excluding hydrogens is 428 g/mol. The van der Waals surface area contributed by atoms with Crippen molar-refractivity contribution in [2.45, 2.75) is 47.1 Å². The number of amides is 1. The molecule has 31 heavy (non-hydrogen) atoms. The number of thiophene rings is 1. The molecule has 1 aromatic carbocycles. The lowest BCUT2D eigenvalue weighted by atomic mass is 9.95. The van der Waals surface area contributed by atoms with Crippen LogP contribution in [0.3, 0.4) is 0 Å². The zero-order valence-electron chi connectivity index (χ0n) is 18.6. The molecule has 1 aliphatic heterocycles. The summed E-state index contributed by atoms with van der Waals surface area (Å²) in [4.78, 5) is 21.3. The van der Waals surface area contributed by atoms with E-state index in [0.717, 1.165) is 38.2 Å². The van der Waals surface area contributed by atoms with Crippen molar-refractivity contribution in [2.24, 2.45) is 5.92 Å². The molecule has 0 aliphatic carbocycles. The SMILES string of the molecule is Cc1cc(-c2nc(C)sc2CC(=O)N[C@@H](c2ccc3c(c2)OCCO3)C(C)C)c(C)s1. The maximum Gasteiger partial charge on any atom is 0.225 e. The number of carbonyl (C=O) groups is 1. The minimum absolute atomic E-state index is 0.00286. The average molecular weight is 457 g/mol. The van der Waals surface area contributed by atoms with Crippen molar-refractivity contribution in [3.05, 3.63) is 49.5 Å². The standard InChI is InChI=1S/C24H28N2O3S2/c1-13(2)23(17-6-7-19-20(11-17)29-9-8-28-19)26-22(27)12-21-24(25-16(5)31-21)18-10-14(3)30-15(18)4/h6-7,10-11,13,23H,8-9,12H2,1-5H3,(H,26,27)/t23-/m1/s1. The van der Waals surface area contributed by atoms with E-state index in [1.807, 2.05) is 25.1 Å². The van der Waals surface area contributed by atoms with Gasteiger partial charge in [0.25, 0.3) is 0 Å². The molecule has 1 N–H and O–H groups in total. The molecule has 1 atom stereocenters. The van der Waals surface area contributed by atoms with E-state index >= 15 is 0 Å². The number of carbonyl (C=O) groups excluding carboxylic acids is 1. The first kappa shape index (κ1) is 21.8. The number of rotatable bonds is 6. The number of hydrogen-bond donors (Lipinski definition) is 1. The van der Waals surface area contributed by atoms with Crippen LogP contribution < -0.4 is 14.8 Å². The Morgan fingerprint density at radius 2 is 1.84 bits per heavy atom. The Kier molecular flexibility index (Phi) is 6.34. The summed E-state index contributed by atoms with van der Waals surface area (Å²) in [5, 5.41) is 4.22. The lowest BCUT2D eigenvalue weighted by molar-refractivity contribution is -0.121. The van der Waals surface area contributed by atoms with E-state index in [-0.39, 0.29) is 17.9 Å². The summed E-state index contributed by atoms with van der Waals surface area (Å²) in [5.74, 6) is 1.74. The van der Waals surface area contributed by atoms with E-state index in [2.05, 4.69) is 39.1 Å². The highest BCUT2D eigenvalue weighted by molar-refractivity contribution is 7.13. The first-order chi connectivity index (χ1) is 14.8. The third-order valence-corrected chi connectivity index (χ3v) is 7.27. The number of ether oxygens (including phenoxy) is 2. The Balaban J connectivity index is 1.54. The quantitative estimate of drug-likeness (QED) is 0.523. The first-order valence-corrected chi connectivity index (χ1v) is 12.2. The monoisotopic (exact) mass is 456 g/mol. The van der Waals surface area contributed by atoms with Crippen molar-refractivity contribution in [3.63, 3.8) is 0 Å². The number of thiazole rings is 1. The van der Waals surface area contributed by atoms with E-state index in [1.54, 1.807) is 22.7 Å². The molecule has 1 amide bonds. The second kappa shape index (κ2) is 9.01. The van der Waals surface area contributed by atoms with Crippen LogP contribution in [0.25, 0.3) is 11.3 Å². The molecule has 0 unspecified atom stereocenters. The number of aryl methyl sites for hydroxylation is 3. The Morgan fingerprint density at radius 3 is 2.52 bits per heavy atom. The third-order valence-electron chi connectivity index (χ3n) is 5.33. The Labute approximate surface area is 191 Å². The Hall–Kier alpha value is -2.38. The molecule has 7 heteroatoms. The molecule has 0 saturated heterocycles. The number of aromatic nitrogens is 1. The van der Waals surface area contributed by atoms with Crippen LogP contribution in [-0.2, 0) is 11.2 Å². The van der Waals surface area contributed by atoms with Crippen LogP contribution in [0.15, 0.2) is 24.3 Å². The lowest BCUT2D eigenvalue weighted by Gasteiger charge is -2.25. The molecule has 2 aromatic heterocycles. The maximum absolute atomic E-state index is 13.1. The van der Waals surface area contributed by atoms with Gasteiger partial charge in [0.15, 0.2) is 11.5 Å². The minimum Gasteiger partial charge on any atom is -0.486 e. The highest BCUT2D eigenvalue weighted by Gasteiger charge is 2.23. The fourth-order valence-electron chi connectivity index (χ4n) is 3.92. The summed E-state index contributed by atoms with van der Waals surface area (Å²) in [5.41, 5.74) is 3.11. The van der Waals surface area contributed by atoms with Crippen LogP contribution >= 0.6 is 22.7 Å². The number of fused-ring (bicyclic) bond motifs is 1. The van der Waals surface area contributed by atoms with Crippen LogP contribution in [-0.4, -0.2) is 24.1 Å². The highest BCUT2D eigenvalue weighted by atomic mass is 32.1. The van der Waals surface area contributed by atoms with Crippen molar-refractivity contribution >= 4 is 28.6 Å². The van der Waals surface area contributed by atoms with Gasteiger partial charge in [0.2, 0.25) is 5.91 Å². The van der Waals surface area contributed by atoms with E-state index in [1.165, 1.54) is 9.75 Å². The van der Waals surface area contributed by atoms with Gasteiger partial charge in [0.05, 0.1) is 23.2 Å². The Bertz CT molecular complexity index is 1100. The van der Waals surface area contributed by atoms with Gasteiger partial charge in [-0.25, -0.2) is 4.98 Å². The molecule has 3 heterocycles. The molecule has 4 rings (SSSR count). The zero-order valence-corrected chi connectivity index (χ0v) is 20.2. The van der Waals surface area contributed by atoms with Gasteiger partial charge in [-0.1, -0.05) is 19.9 Å². The van der Waals surface area contributed by atoms with Crippen molar-refractivity contribution in [3.8, 4) is 22.8 Å². The molecule has 5 nitrogen and oxygen atoms in total. The largest absolute Gasteiger partial charge is 0.486 e. The highest BCUT2D eigenvalue weighted by Crippen LogP contribution is 2.36. The smallest absolute Gasteiger partial charge is 0.225 e. The van der Waals surface area contributed by atoms with E-state index in [9.17, 15) is 4.79 Å². The fraction of sp³-hybridized carbons (Fsp3) is 0.417. The van der Waals surface area contributed by atoms with Crippen LogP contribution in [0, 0.1) is 26.7 Å². The second-order valence-corrected chi connectivity index (χ2v) is 10.9. The average Bonchev–Trinajstić information content (AvgIpc) is 3.25.